The molecule has 0 aliphatic rings. The number of aromatic nitrogens is 2. The number of hydrogen-bond acceptors (Lipinski definition) is 6. The maximum Gasteiger partial charge on any atom is 0.270 e. The van der Waals surface area contributed by atoms with E-state index in [-0.39, 0.29) is 11.6 Å². The van der Waals surface area contributed by atoms with Crippen LogP contribution in [0.3, 0.4) is 0 Å². The molecule has 140 valence electrons. The molecule has 0 spiro atoms. The van der Waals surface area contributed by atoms with Crippen molar-refractivity contribution < 1.29 is 9.53 Å². The van der Waals surface area contributed by atoms with E-state index in [0.29, 0.717) is 29.4 Å². The van der Waals surface area contributed by atoms with Crippen molar-refractivity contribution in [3.63, 3.8) is 0 Å². The van der Waals surface area contributed by atoms with Crippen molar-refractivity contribution in [3.8, 4) is 11.8 Å². The van der Waals surface area contributed by atoms with E-state index in [4.69, 9.17) is 10.00 Å². The monoisotopic (exact) mass is 373 g/mol. The Hall–Kier alpha value is -3.92. The average molecular weight is 373 g/mol. The molecule has 0 radical (unpaired) electrons. The summed E-state index contributed by atoms with van der Waals surface area (Å²) in [6.45, 7) is 2.09. The van der Waals surface area contributed by atoms with Crippen LogP contribution in [0.25, 0.3) is 0 Å². The number of nitriles is 1. The van der Waals surface area contributed by atoms with Crippen molar-refractivity contribution >= 4 is 17.4 Å². The Morgan fingerprint density at radius 3 is 2.64 bits per heavy atom. The first-order valence-electron chi connectivity index (χ1n) is 8.61. The molecule has 0 aliphatic carbocycles. The van der Waals surface area contributed by atoms with Gasteiger partial charge in [0, 0.05) is 18.3 Å². The third-order valence-electron chi connectivity index (χ3n) is 3.95. The van der Waals surface area contributed by atoms with Crippen molar-refractivity contribution in [1.82, 2.24) is 15.3 Å². The Morgan fingerprint density at radius 1 is 1.14 bits per heavy atom. The highest BCUT2D eigenvalue weighted by molar-refractivity contribution is 5.93. The zero-order valence-corrected chi connectivity index (χ0v) is 15.6. The third kappa shape index (κ3) is 4.83. The first-order chi connectivity index (χ1) is 13.6. The Balaban J connectivity index is 1.70. The molecule has 3 rings (SSSR count). The summed E-state index contributed by atoms with van der Waals surface area (Å²) in [5.41, 5.74) is 2.46. The summed E-state index contributed by atoms with van der Waals surface area (Å²) in [5.74, 6) is 1.42. The van der Waals surface area contributed by atoms with Gasteiger partial charge >= 0.3 is 0 Å². The molecule has 0 atom stereocenters. The zero-order valence-electron chi connectivity index (χ0n) is 15.6. The molecule has 2 aromatic carbocycles. The number of anilines is 2. The van der Waals surface area contributed by atoms with Crippen LogP contribution in [0.1, 0.15) is 27.4 Å². The topological polar surface area (TPSA) is 99.9 Å². The Kier molecular flexibility index (Phi) is 5.82. The van der Waals surface area contributed by atoms with Crippen LogP contribution in [0.4, 0.5) is 11.5 Å². The Bertz CT molecular complexity index is 1030. The normalized spacial score (nSPS) is 10.0. The van der Waals surface area contributed by atoms with Gasteiger partial charge in [-0.15, -0.1) is 0 Å². The molecule has 2 N–H and O–H groups in total. The lowest BCUT2D eigenvalue weighted by Crippen LogP contribution is -2.24. The number of methoxy groups -OCH3 is 1. The first kappa shape index (κ1) is 18.9. The standard InChI is InChI=1S/C21H19N5O2/c1-14-24-19(21(27)23-13-15-6-8-18(28-2)9-7-15)11-20(25-14)26-17-5-3-4-16(10-17)12-22/h3-11H,13H2,1-2H3,(H,23,27)(H,24,25,26). The molecule has 0 aliphatic heterocycles. The molecule has 1 heterocycles. The third-order valence-corrected chi connectivity index (χ3v) is 3.95. The van der Waals surface area contributed by atoms with Crippen LogP contribution in [0.15, 0.2) is 54.6 Å². The smallest absolute Gasteiger partial charge is 0.270 e. The van der Waals surface area contributed by atoms with Crippen molar-refractivity contribution in [2.75, 3.05) is 12.4 Å². The van der Waals surface area contributed by atoms with Gasteiger partial charge in [-0.1, -0.05) is 18.2 Å². The van der Waals surface area contributed by atoms with Gasteiger partial charge in [0.1, 0.15) is 23.1 Å². The quantitative estimate of drug-likeness (QED) is 0.687. The summed E-state index contributed by atoms with van der Waals surface area (Å²) in [6.07, 6.45) is 0. The molecule has 3 aromatic rings. The second kappa shape index (κ2) is 8.64. The van der Waals surface area contributed by atoms with E-state index in [1.807, 2.05) is 30.3 Å². The molecule has 0 saturated carbocycles. The number of nitrogens with zero attached hydrogens (tertiary/aromatic N) is 3. The first-order valence-corrected chi connectivity index (χ1v) is 8.61. The van der Waals surface area contributed by atoms with Gasteiger partial charge in [0.25, 0.3) is 5.91 Å². The summed E-state index contributed by atoms with van der Waals surface area (Å²) >= 11 is 0. The molecular formula is C21H19N5O2. The number of rotatable bonds is 6. The minimum absolute atomic E-state index is 0.264. The number of carbonyl (C=O) groups excluding carboxylic acids is 1. The summed E-state index contributed by atoms with van der Waals surface area (Å²) in [7, 11) is 1.61. The molecule has 0 saturated heterocycles. The van der Waals surface area contributed by atoms with E-state index in [1.165, 1.54) is 0 Å². The van der Waals surface area contributed by atoms with Gasteiger partial charge in [-0.3, -0.25) is 4.79 Å². The second-order valence-corrected chi connectivity index (χ2v) is 6.03. The molecule has 0 bridgehead atoms. The van der Waals surface area contributed by atoms with Crippen LogP contribution in [-0.2, 0) is 6.54 Å². The highest BCUT2D eigenvalue weighted by Crippen LogP contribution is 2.17. The number of hydrogen-bond donors (Lipinski definition) is 2. The number of carbonyl (C=O) groups is 1. The lowest BCUT2D eigenvalue weighted by molar-refractivity contribution is 0.0945. The van der Waals surface area contributed by atoms with Crippen LogP contribution < -0.4 is 15.4 Å². The van der Waals surface area contributed by atoms with Gasteiger partial charge in [-0.05, 0) is 42.8 Å². The van der Waals surface area contributed by atoms with E-state index in [1.54, 1.807) is 38.3 Å². The fourth-order valence-electron chi connectivity index (χ4n) is 2.58. The van der Waals surface area contributed by atoms with E-state index in [2.05, 4.69) is 26.7 Å². The van der Waals surface area contributed by atoms with Gasteiger partial charge in [0.2, 0.25) is 0 Å². The second-order valence-electron chi connectivity index (χ2n) is 6.03. The van der Waals surface area contributed by atoms with Crippen molar-refractivity contribution in [3.05, 3.63) is 77.2 Å². The van der Waals surface area contributed by atoms with Crippen molar-refractivity contribution in [1.29, 1.82) is 5.26 Å². The lowest BCUT2D eigenvalue weighted by Gasteiger charge is -2.10. The number of ether oxygens (including phenoxy) is 1. The highest BCUT2D eigenvalue weighted by atomic mass is 16.5. The summed E-state index contributed by atoms with van der Waals surface area (Å²) in [5, 5.41) is 15.0. The molecule has 28 heavy (non-hydrogen) atoms. The number of nitrogens with one attached hydrogen (secondary N) is 2. The predicted molar refractivity (Wildman–Crippen MR) is 105 cm³/mol. The molecule has 1 amide bonds. The zero-order chi connectivity index (χ0) is 19.9. The van der Waals surface area contributed by atoms with Gasteiger partial charge in [-0.25, -0.2) is 9.97 Å². The average Bonchev–Trinajstić information content (AvgIpc) is 2.72. The minimum atomic E-state index is -0.296. The Morgan fingerprint density at radius 2 is 1.93 bits per heavy atom. The lowest BCUT2D eigenvalue weighted by atomic mass is 10.2. The van der Waals surface area contributed by atoms with Crippen LogP contribution in [0, 0.1) is 18.3 Å². The van der Waals surface area contributed by atoms with E-state index in [9.17, 15) is 4.79 Å². The van der Waals surface area contributed by atoms with Crippen LogP contribution in [0.5, 0.6) is 5.75 Å². The highest BCUT2D eigenvalue weighted by Gasteiger charge is 2.11. The van der Waals surface area contributed by atoms with E-state index < -0.39 is 0 Å². The maximum atomic E-state index is 12.5. The maximum absolute atomic E-state index is 12.5. The van der Waals surface area contributed by atoms with Crippen molar-refractivity contribution in [2.24, 2.45) is 0 Å². The van der Waals surface area contributed by atoms with Crippen LogP contribution >= 0.6 is 0 Å². The van der Waals surface area contributed by atoms with Crippen molar-refractivity contribution in [2.45, 2.75) is 13.5 Å². The summed E-state index contributed by atoms with van der Waals surface area (Å²) in [4.78, 5) is 21.0. The molecule has 0 unspecified atom stereocenters. The number of aryl methyl sites for hydroxylation is 1. The fraction of sp³-hybridized carbons (Fsp3) is 0.143. The van der Waals surface area contributed by atoms with Gasteiger partial charge in [-0.2, -0.15) is 5.26 Å². The number of benzene rings is 2. The molecule has 7 heteroatoms. The molecule has 7 nitrogen and oxygen atoms in total. The fourth-order valence-corrected chi connectivity index (χ4v) is 2.58. The van der Waals surface area contributed by atoms with Gasteiger partial charge < -0.3 is 15.4 Å². The SMILES string of the molecule is COc1ccc(CNC(=O)c2cc(Nc3cccc(C#N)c3)nc(C)n2)cc1. The minimum Gasteiger partial charge on any atom is -0.497 e. The van der Waals surface area contributed by atoms with E-state index >= 15 is 0 Å². The van der Waals surface area contributed by atoms with E-state index in [0.717, 1.165) is 11.3 Å². The summed E-state index contributed by atoms with van der Waals surface area (Å²) < 4.78 is 5.12. The molecular weight excluding hydrogens is 354 g/mol. The summed E-state index contributed by atoms with van der Waals surface area (Å²) in [6, 6.07) is 18.1. The number of amides is 1. The molecule has 0 fully saturated rings. The Labute approximate surface area is 163 Å². The molecule has 1 aromatic heterocycles. The van der Waals surface area contributed by atoms with Gasteiger partial charge in [0.05, 0.1) is 18.7 Å². The van der Waals surface area contributed by atoms with Gasteiger partial charge in [0.15, 0.2) is 0 Å². The van der Waals surface area contributed by atoms with Crippen LogP contribution in [0.2, 0.25) is 0 Å². The van der Waals surface area contributed by atoms with Crippen LogP contribution in [-0.4, -0.2) is 23.0 Å². The largest absolute Gasteiger partial charge is 0.497 e. The predicted octanol–water partition coefficient (Wildman–Crippen LogP) is 3.34.